The third kappa shape index (κ3) is 2.50. The van der Waals surface area contributed by atoms with Crippen LogP contribution >= 0.6 is 0 Å². The maximum Gasteiger partial charge on any atom is 0.243 e. The number of aryl methyl sites for hydroxylation is 2. The summed E-state index contributed by atoms with van der Waals surface area (Å²) in [6.07, 6.45) is 7.11. The number of benzene rings is 1. The molecule has 0 amide bonds. The summed E-state index contributed by atoms with van der Waals surface area (Å²) < 4.78 is 29.1. The molecule has 0 atom stereocenters. The Kier molecular flexibility index (Phi) is 3.19. The number of aromatic nitrogens is 2. The zero-order valence-corrected chi connectivity index (χ0v) is 14.3. The van der Waals surface area contributed by atoms with Crippen molar-refractivity contribution in [2.24, 2.45) is 12.5 Å². The lowest BCUT2D eigenvalue weighted by molar-refractivity contribution is 0.451. The smallest absolute Gasteiger partial charge is 0.243 e. The van der Waals surface area contributed by atoms with Crippen molar-refractivity contribution in [1.82, 2.24) is 14.1 Å². The van der Waals surface area contributed by atoms with Gasteiger partial charge in [-0.3, -0.25) is 4.68 Å². The van der Waals surface area contributed by atoms with Crippen LogP contribution in [0.5, 0.6) is 0 Å². The summed E-state index contributed by atoms with van der Waals surface area (Å²) >= 11 is 0. The molecule has 23 heavy (non-hydrogen) atoms. The number of hydrogen-bond acceptors (Lipinski definition) is 3. The number of sulfonamides is 1. The van der Waals surface area contributed by atoms with Crippen LogP contribution in [0.2, 0.25) is 0 Å². The molecule has 2 aromatic rings. The van der Waals surface area contributed by atoms with Crippen LogP contribution in [0.1, 0.15) is 24.8 Å². The van der Waals surface area contributed by atoms with Crippen LogP contribution in [-0.2, 0) is 17.1 Å². The fourth-order valence-corrected chi connectivity index (χ4v) is 5.15. The monoisotopic (exact) mass is 331 g/mol. The Morgan fingerprint density at radius 3 is 2.57 bits per heavy atom. The van der Waals surface area contributed by atoms with Crippen molar-refractivity contribution in [3.05, 3.63) is 36.2 Å². The highest BCUT2D eigenvalue weighted by atomic mass is 32.2. The van der Waals surface area contributed by atoms with Gasteiger partial charge in [0.25, 0.3) is 0 Å². The summed E-state index contributed by atoms with van der Waals surface area (Å²) in [5, 5.41) is 4.18. The zero-order chi connectivity index (χ0) is 16.2. The Labute approximate surface area is 137 Å². The predicted octanol–water partition coefficient (Wildman–Crippen LogP) is 2.57. The van der Waals surface area contributed by atoms with Gasteiger partial charge in [0.05, 0.1) is 11.1 Å². The van der Waals surface area contributed by atoms with Gasteiger partial charge < -0.3 is 0 Å². The molecule has 1 saturated heterocycles. The topological polar surface area (TPSA) is 55.2 Å². The molecule has 0 radical (unpaired) electrons. The molecule has 0 unspecified atom stereocenters. The average Bonchev–Trinajstić information content (AvgIpc) is 2.91. The summed E-state index contributed by atoms with van der Waals surface area (Å²) in [6.45, 7) is 3.30. The summed E-state index contributed by atoms with van der Waals surface area (Å²) in [6, 6.07) is 5.40. The third-order valence-electron chi connectivity index (χ3n) is 5.21. The first kappa shape index (κ1) is 14.9. The van der Waals surface area contributed by atoms with E-state index in [-0.39, 0.29) is 0 Å². The molecule has 0 bridgehead atoms. The second-order valence-corrected chi connectivity index (χ2v) is 8.91. The van der Waals surface area contributed by atoms with Crippen LogP contribution in [0.4, 0.5) is 0 Å². The highest BCUT2D eigenvalue weighted by Gasteiger charge is 2.50. The quantitative estimate of drug-likeness (QED) is 0.868. The van der Waals surface area contributed by atoms with E-state index in [4.69, 9.17) is 0 Å². The van der Waals surface area contributed by atoms with E-state index >= 15 is 0 Å². The Morgan fingerprint density at radius 2 is 2.00 bits per heavy atom. The minimum Gasteiger partial charge on any atom is -0.275 e. The van der Waals surface area contributed by atoms with Crippen molar-refractivity contribution >= 4 is 10.0 Å². The molecule has 6 heteroatoms. The van der Waals surface area contributed by atoms with Crippen LogP contribution in [-0.4, -0.2) is 35.6 Å². The summed E-state index contributed by atoms with van der Waals surface area (Å²) in [4.78, 5) is 0.403. The van der Waals surface area contributed by atoms with Gasteiger partial charge in [-0.05, 0) is 54.9 Å². The fraction of sp³-hybridized carbons (Fsp3) is 0.471. The lowest BCUT2D eigenvalue weighted by atomic mass is 10.0. The van der Waals surface area contributed by atoms with Gasteiger partial charge in [-0.1, -0.05) is 6.07 Å². The van der Waals surface area contributed by atoms with Gasteiger partial charge in [-0.15, -0.1) is 0 Å². The van der Waals surface area contributed by atoms with Crippen molar-refractivity contribution in [2.75, 3.05) is 13.1 Å². The molecule has 4 rings (SSSR count). The van der Waals surface area contributed by atoms with Crippen molar-refractivity contribution in [3.8, 4) is 11.1 Å². The highest BCUT2D eigenvalue weighted by Crippen LogP contribution is 2.53. The predicted molar refractivity (Wildman–Crippen MR) is 88.4 cm³/mol. The Morgan fingerprint density at radius 1 is 1.22 bits per heavy atom. The van der Waals surface area contributed by atoms with Gasteiger partial charge in [-0.25, -0.2) is 8.42 Å². The van der Waals surface area contributed by atoms with E-state index in [0.29, 0.717) is 23.4 Å². The molecular formula is C17H21N3O2S. The summed E-state index contributed by atoms with van der Waals surface area (Å²) in [5.41, 5.74) is 3.29. The van der Waals surface area contributed by atoms with Crippen molar-refractivity contribution < 1.29 is 8.42 Å². The van der Waals surface area contributed by atoms with Crippen LogP contribution in [0.25, 0.3) is 11.1 Å². The van der Waals surface area contributed by atoms with Gasteiger partial charge in [0.1, 0.15) is 0 Å². The largest absolute Gasteiger partial charge is 0.275 e. The molecule has 5 nitrogen and oxygen atoms in total. The summed E-state index contributed by atoms with van der Waals surface area (Å²) in [5.74, 6) is 0. The third-order valence-corrected chi connectivity index (χ3v) is 7.05. The van der Waals surface area contributed by atoms with E-state index in [1.54, 1.807) is 27.3 Å². The Hall–Kier alpha value is -1.66. The maximum absolute atomic E-state index is 12.9. The second kappa shape index (κ2) is 4.92. The highest BCUT2D eigenvalue weighted by molar-refractivity contribution is 7.89. The van der Waals surface area contributed by atoms with Gasteiger partial charge >= 0.3 is 0 Å². The molecule has 2 heterocycles. The normalized spacial score (nSPS) is 20.3. The Balaban J connectivity index is 1.65. The molecule has 1 saturated carbocycles. The molecule has 2 fully saturated rings. The molecule has 1 aliphatic heterocycles. The molecular weight excluding hydrogens is 310 g/mol. The van der Waals surface area contributed by atoms with Gasteiger partial charge in [0, 0.05) is 31.9 Å². The van der Waals surface area contributed by atoms with E-state index < -0.39 is 10.0 Å². The maximum atomic E-state index is 12.9. The van der Waals surface area contributed by atoms with Crippen LogP contribution in [0.3, 0.4) is 0 Å². The molecule has 1 aromatic carbocycles. The number of rotatable bonds is 3. The minimum absolute atomic E-state index is 0.303. The van der Waals surface area contributed by atoms with Crippen molar-refractivity contribution in [2.45, 2.75) is 31.1 Å². The minimum atomic E-state index is -3.37. The Bertz CT molecular complexity index is 866. The van der Waals surface area contributed by atoms with E-state index in [9.17, 15) is 8.42 Å². The fourth-order valence-electron chi connectivity index (χ4n) is 3.51. The van der Waals surface area contributed by atoms with Gasteiger partial charge in [-0.2, -0.15) is 9.40 Å². The van der Waals surface area contributed by atoms with Crippen LogP contribution < -0.4 is 0 Å². The van der Waals surface area contributed by atoms with E-state index in [1.165, 1.54) is 12.8 Å². The van der Waals surface area contributed by atoms with Crippen LogP contribution in [0.15, 0.2) is 35.5 Å². The van der Waals surface area contributed by atoms with Gasteiger partial charge in [0.2, 0.25) is 10.0 Å². The van der Waals surface area contributed by atoms with E-state index in [0.717, 1.165) is 23.1 Å². The van der Waals surface area contributed by atoms with E-state index in [1.807, 2.05) is 26.2 Å². The van der Waals surface area contributed by atoms with Crippen LogP contribution in [0, 0.1) is 12.3 Å². The molecule has 1 spiro atoms. The standard InChI is InChI=1S/C17H21N3O2S/c1-13-9-15(3-4-16(13)14-10-18-19(2)11-14)23(21,22)20-8-7-17(12-20)5-6-17/h3-4,9-11H,5-8,12H2,1-2H3. The first-order valence-corrected chi connectivity index (χ1v) is 9.44. The molecule has 1 aromatic heterocycles. The van der Waals surface area contributed by atoms with Gasteiger partial charge in [0.15, 0.2) is 0 Å². The zero-order valence-electron chi connectivity index (χ0n) is 13.5. The molecule has 2 aliphatic rings. The molecule has 122 valence electrons. The number of hydrogen-bond donors (Lipinski definition) is 0. The molecule has 0 N–H and O–H groups in total. The first-order chi connectivity index (χ1) is 10.9. The number of nitrogens with zero attached hydrogens (tertiary/aromatic N) is 3. The lowest BCUT2D eigenvalue weighted by Crippen LogP contribution is -2.29. The first-order valence-electron chi connectivity index (χ1n) is 8.00. The van der Waals surface area contributed by atoms with E-state index in [2.05, 4.69) is 5.10 Å². The average molecular weight is 331 g/mol. The second-order valence-electron chi connectivity index (χ2n) is 6.97. The lowest BCUT2D eigenvalue weighted by Gasteiger charge is -2.17. The SMILES string of the molecule is Cc1cc(S(=O)(=O)N2CCC3(CC3)C2)ccc1-c1cnn(C)c1. The molecule has 1 aliphatic carbocycles. The van der Waals surface area contributed by atoms with Crippen molar-refractivity contribution in [3.63, 3.8) is 0 Å². The van der Waals surface area contributed by atoms with Crippen molar-refractivity contribution in [1.29, 1.82) is 0 Å². The summed E-state index contributed by atoms with van der Waals surface area (Å²) in [7, 11) is -1.50.